The fourth-order valence-electron chi connectivity index (χ4n) is 2.84. The lowest BCUT2D eigenvalue weighted by molar-refractivity contribution is -0.125. The molecule has 1 aliphatic carbocycles. The maximum atomic E-state index is 12.9. The van der Waals surface area contributed by atoms with Gasteiger partial charge in [-0.15, -0.1) is 12.4 Å². The summed E-state index contributed by atoms with van der Waals surface area (Å²) in [5.74, 6) is 0.916. The molecule has 2 rings (SSSR count). The summed E-state index contributed by atoms with van der Waals surface area (Å²) in [6, 6.07) is 3.11. The van der Waals surface area contributed by atoms with Crippen molar-refractivity contribution in [2.45, 2.75) is 12.8 Å². The molecule has 148 valence electrons. The van der Waals surface area contributed by atoms with Crippen LogP contribution >= 0.6 is 12.4 Å². The van der Waals surface area contributed by atoms with E-state index in [2.05, 4.69) is 0 Å². The Morgan fingerprint density at radius 3 is 2.00 bits per heavy atom. The number of ether oxygens (including phenoxy) is 4. The standard InChI is InChI=1S/C19H23NO6.ClH/c1-23-13-5-7-19(8-6-13,18(20)22)11-14(21)12-9-15(24-2)17(26-4)16(10-12)25-3;/h5-7,9-10H,8,11H2,1-4H3,(H2,20,22);1H. The zero-order valence-corrected chi connectivity index (χ0v) is 16.6. The van der Waals surface area contributed by atoms with E-state index >= 15 is 0 Å². The molecule has 1 unspecified atom stereocenters. The van der Waals surface area contributed by atoms with Crippen molar-refractivity contribution in [3.05, 3.63) is 41.7 Å². The van der Waals surface area contributed by atoms with E-state index in [0.717, 1.165) is 0 Å². The van der Waals surface area contributed by atoms with Crippen LogP contribution in [0.2, 0.25) is 0 Å². The van der Waals surface area contributed by atoms with Crippen LogP contribution in [0.3, 0.4) is 0 Å². The number of carbonyl (C=O) groups is 2. The first-order valence-electron chi connectivity index (χ1n) is 7.97. The van der Waals surface area contributed by atoms with Crippen molar-refractivity contribution >= 4 is 24.1 Å². The van der Waals surface area contributed by atoms with Crippen molar-refractivity contribution in [2.24, 2.45) is 11.1 Å². The third-order valence-electron chi connectivity index (χ3n) is 4.42. The van der Waals surface area contributed by atoms with Crippen LogP contribution in [0.1, 0.15) is 23.2 Å². The summed E-state index contributed by atoms with van der Waals surface area (Å²) in [6.45, 7) is 0. The maximum absolute atomic E-state index is 12.9. The van der Waals surface area contributed by atoms with E-state index in [9.17, 15) is 9.59 Å². The molecule has 0 heterocycles. The number of rotatable bonds is 8. The maximum Gasteiger partial charge on any atom is 0.228 e. The van der Waals surface area contributed by atoms with Gasteiger partial charge in [0.05, 0.1) is 33.9 Å². The van der Waals surface area contributed by atoms with E-state index in [-0.39, 0.29) is 31.0 Å². The van der Waals surface area contributed by atoms with E-state index in [1.807, 2.05) is 0 Å². The van der Waals surface area contributed by atoms with Gasteiger partial charge in [-0.25, -0.2) is 0 Å². The molecule has 0 aliphatic heterocycles. The zero-order chi connectivity index (χ0) is 19.3. The van der Waals surface area contributed by atoms with Gasteiger partial charge in [-0.05, 0) is 30.7 Å². The number of hydrogen-bond acceptors (Lipinski definition) is 6. The molecule has 1 aromatic carbocycles. The van der Waals surface area contributed by atoms with E-state index in [1.165, 1.54) is 28.4 Å². The molecule has 0 saturated heterocycles. The average molecular weight is 398 g/mol. The molecule has 27 heavy (non-hydrogen) atoms. The number of allylic oxidation sites excluding steroid dienone is 2. The summed E-state index contributed by atoms with van der Waals surface area (Å²) in [7, 11) is 5.96. The normalized spacial score (nSPS) is 18.0. The summed E-state index contributed by atoms with van der Waals surface area (Å²) < 4.78 is 20.9. The number of benzene rings is 1. The smallest absolute Gasteiger partial charge is 0.228 e. The second kappa shape index (κ2) is 9.32. The number of hydrogen-bond donors (Lipinski definition) is 1. The van der Waals surface area contributed by atoms with Crippen molar-refractivity contribution < 1.29 is 28.5 Å². The minimum atomic E-state index is -1.10. The number of ketones is 1. The highest BCUT2D eigenvalue weighted by molar-refractivity contribution is 6.01. The van der Waals surface area contributed by atoms with Gasteiger partial charge in [-0.1, -0.05) is 6.08 Å². The van der Waals surface area contributed by atoms with Crippen LogP contribution in [0, 0.1) is 5.41 Å². The molecule has 1 atom stereocenters. The minimum absolute atomic E-state index is 0. The van der Waals surface area contributed by atoms with Gasteiger partial charge in [0.2, 0.25) is 11.7 Å². The number of methoxy groups -OCH3 is 4. The van der Waals surface area contributed by atoms with Crippen LogP contribution < -0.4 is 19.9 Å². The highest BCUT2D eigenvalue weighted by Gasteiger charge is 2.37. The fourth-order valence-corrected chi connectivity index (χ4v) is 2.84. The Kier molecular flexibility index (Phi) is 7.72. The molecule has 0 spiro atoms. The van der Waals surface area contributed by atoms with Gasteiger partial charge in [0, 0.05) is 12.0 Å². The second-order valence-electron chi connectivity index (χ2n) is 5.88. The van der Waals surface area contributed by atoms with Gasteiger partial charge < -0.3 is 24.7 Å². The van der Waals surface area contributed by atoms with Gasteiger partial charge in [-0.2, -0.15) is 0 Å². The zero-order valence-electron chi connectivity index (χ0n) is 15.7. The van der Waals surface area contributed by atoms with Crippen LogP contribution in [0.5, 0.6) is 17.2 Å². The monoisotopic (exact) mass is 397 g/mol. The van der Waals surface area contributed by atoms with Crippen molar-refractivity contribution in [3.8, 4) is 17.2 Å². The molecule has 0 bridgehead atoms. The lowest BCUT2D eigenvalue weighted by Gasteiger charge is -2.28. The Hall–Kier alpha value is -2.67. The van der Waals surface area contributed by atoms with Gasteiger partial charge in [0.1, 0.15) is 5.76 Å². The van der Waals surface area contributed by atoms with Crippen molar-refractivity contribution in [1.29, 1.82) is 0 Å². The predicted octanol–water partition coefficient (Wildman–Crippen LogP) is 2.67. The third-order valence-corrected chi connectivity index (χ3v) is 4.42. The number of amides is 1. The van der Waals surface area contributed by atoms with Gasteiger partial charge in [-0.3, -0.25) is 9.59 Å². The summed E-state index contributed by atoms with van der Waals surface area (Å²) in [6.07, 6.45) is 5.23. The van der Waals surface area contributed by atoms with Gasteiger partial charge in [0.15, 0.2) is 17.3 Å². The molecular weight excluding hydrogens is 374 g/mol. The molecule has 1 amide bonds. The first-order valence-corrected chi connectivity index (χ1v) is 7.97. The molecule has 0 fully saturated rings. The molecule has 0 saturated carbocycles. The Labute approximate surface area is 164 Å². The quantitative estimate of drug-likeness (QED) is 0.677. The summed E-state index contributed by atoms with van der Waals surface area (Å²) >= 11 is 0. The lowest BCUT2D eigenvalue weighted by Crippen LogP contribution is -2.38. The number of primary amides is 1. The van der Waals surface area contributed by atoms with Crippen LogP contribution in [0.25, 0.3) is 0 Å². The summed E-state index contributed by atoms with van der Waals surface area (Å²) in [5, 5.41) is 0. The van der Waals surface area contributed by atoms with Crippen molar-refractivity contribution in [2.75, 3.05) is 28.4 Å². The first-order chi connectivity index (χ1) is 12.4. The minimum Gasteiger partial charge on any atom is -0.497 e. The van der Waals surface area contributed by atoms with Gasteiger partial charge in [0.25, 0.3) is 0 Å². The first kappa shape index (κ1) is 22.4. The number of halogens is 1. The average Bonchev–Trinajstić information content (AvgIpc) is 2.66. The van der Waals surface area contributed by atoms with Crippen LogP contribution in [0.15, 0.2) is 36.1 Å². The number of Topliss-reactive ketones (excluding diaryl/α,β-unsaturated/α-hetero) is 1. The van der Waals surface area contributed by atoms with E-state index in [0.29, 0.717) is 28.6 Å². The van der Waals surface area contributed by atoms with Crippen LogP contribution in [0.4, 0.5) is 0 Å². The highest BCUT2D eigenvalue weighted by Crippen LogP contribution is 2.40. The van der Waals surface area contributed by atoms with Crippen molar-refractivity contribution in [3.63, 3.8) is 0 Å². The molecule has 0 radical (unpaired) electrons. The molecule has 8 heteroatoms. The molecule has 0 aromatic heterocycles. The Balaban J connectivity index is 0.00000364. The molecule has 1 aromatic rings. The highest BCUT2D eigenvalue weighted by atomic mass is 35.5. The van der Waals surface area contributed by atoms with E-state index in [4.69, 9.17) is 24.7 Å². The summed E-state index contributed by atoms with van der Waals surface area (Å²) in [5.41, 5.74) is 4.84. The van der Waals surface area contributed by atoms with E-state index in [1.54, 1.807) is 30.4 Å². The molecular formula is C19H24ClNO6. The van der Waals surface area contributed by atoms with Crippen LogP contribution in [-0.4, -0.2) is 40.1 Å². The van der Waals surface area contributed by atoms with Crippen LogP contribution in [-0.2, 0) is 9.53 Å². The Bertz CT molecular complexity index is 748. The van der Waals surface area contributed by atoms with Crippen molar-refractivity contribution in [1.82, 2.24) is 0 Å². The summed E-state index contributed by atoms with van der Waals surface area (Å²) in [4.78, 5) is 24.9. The third kappa shape index (κ3) is 4.54. The molecule has 7 nitrogen and oxygen atoms in total. The SMILES string of the molecule is COC1=CCC(CC(=O)c2cc(OC)c(OC)c(OC)c2)(C(N)=O)C=C1.Cl. The van der Waals surface area contributed by atoms with Gasteiger partial charge >= 0.3 is 0 Å². The number of carbonyl (C=O) groups excluding carboxylic acids is 2. The largest absolute Gasteiger partial charge is 0.497 e. The fraction of sp³-hybridized carbons (Fsp3) is 0.368. The molecule has 1 aliphatic rings. The Morgan fingerprint density at radius 2 is 1.63 bits per heavy atom. The Morgan fingerprint density at radius 1 is 1.04 bits per heavy atom. The second-order valence-corrected chi connectivity index (χ2v) is 5.88. The topological polar surface area (TPSA) is 97.1 Å². The number of nitrogens with two attached hydrogens (primary N) is 1. The predicted molar refractivity (Wildman–Crippen MR) is 103 cm³/mol. The molecule has 2 N–H and O–H groups in total. The lowest BCUT2D eigenvalue weighted by atomic mass is 9.75. The van der Waals surface area contributed by atoms with E-state index < -0.39 is 11.3 Å².